The number of rotatable bonds is 3. The average Bonchev–Trinajstić information content (AvgIpc) is 2.68. The minimum absolute atomic E-state index is 0.269. The van der Waals surface area contributed by atoms with Gasteiger partial charge >= 0.3 is 0 Å². The van der Waals surface area contributed by atoms with Crippen LogP contribution in [0.15, 0.2) is 0 Å². The van der Waals surface area contributed by atoms with Gasteiger partial charge in [-0.1, -0.05) is 0 Å². The van der Waals surface area contributed by atoms with Crippen molar-refractivity contribution in [3.05, 3.63) is 0 Å². The van der Waals surface area contributed by atoms with E-state index in [1.165, 1.54) is 5.75 Å². The Labute approximate surface area is 114 Å². The summed E-state index contributed by atoms with van der Waals surface area (Å²) in [5, 5.41) is 3.34. The van der Waals surface area contributed by atoms with Gasteiger partial charge in [-0.15, -0.1) is 0 Å². The van der Waals surface area contributed by atoms with Crippen LogP contribution < -0.4 is 5.32 Å². The quantitative estimate of drug-likeness (QED) is 0.831. The number of amides is 1. The zero-order chi connectivity index (χ0) is 12.8. The molecule has 4 nitrogen and oxygen atoms in total. The molecule has 1 amide bonds. The third kappa shape index (κ3) is 3.19. The first-order valence-corrected chi connectivity index (χ1v) is 8.01. The molecule has 2 fully saturated rings. The summed E-state index contributed by atoms with van der Waals surface area (Å²) >= 11 is 1.96. The van der Waals surface area contributed by atoms with Crippen molar-refractivity contribution in [1.29, 1.82) is 0 Å². The summed E-state index contributed by atoms with van der Waals surface area (Å²) in [6.07, 6.45) is 2.93. The molecule has 104 valence electrons. The van der Waals surface area contributed by atoms with Gasteiger partial charge in [0.25, 0.3) is 0 Å². The summed E-state index contributed by atoms with van der Waals surface area (Å²) in [4.78, 5) is 14.9. The maximum atomic E-state index is 12.8. The Hall–Kier alpha value is -0.260. The summed E-state index contributed by atoms with van der Waals surface area (Å²) in [7, 11) is 1.70. The predicted molar refractivity (Wildman–Crippen MR) is 74.9 cm³/mol. The SMILES string of the molecule is COCC1(C(=O)N2CCCSCC2)CCNCC1. The number of carbonyl (C=O) groups excluding carboxylic acids is 1. The van der Waals surface area contributed by atoms with E-state index in [0.717, 1.165) is 51.2 Å². The highest BCUT2D eigenvalue weighted by Crippen LogP contribution is 2.32. The maximum Gasteiger partial charge on any atom is 0.231 e. The predicted octanol–water partition coefficient (Wildman–Crippen LogP) is 0.968. The summed E-state index contributed by atoms with van der Waals surface area (Å²) in [6.45, 7) is 4.25. The molecule has 0 aliphatic carbocycles. The second kappa shape index (κ2) is 6.78. The molecule has 0 aromatic heterocycles. The standard InChI is InChI=1S/C13H24N2O2S/c1-17-11-13(3-5-14-6-4-13)12(16)15-7-2-9-18-10-8-15/h14H,2-11H2,1H3. The normalized spacial score (nSPS) is 24.6. The second-order valence-corrected chi connectivity index (χ2v) is 6.45. The molecule has 2 aliphatic heterocycles. The van der Waals surface area contributed by atoms with Crippen LogP contribution in [-0.4, -0.2) is 62.2 Å². The molecule has 5 heteroatoms. The fraction of sp³-hybridized carbons (Fsp3) is 0.923. The number of nitrogens with zero attached hydrogens (tertiary/aromatic N) is 1. The highest BCUT2D eigenvalue weighted by Gasteiger charge is 2.42. The molecule has 2 aliphatic rings. The van der Waals surface area contributed by atoms with Gasteiger partial charge in [0.2, 0.25) is 5.91 Å². The van der Waals surface area contributed by atoms with Crippen LogP contribution in [0.1, 0.15) is 19.3 Å². The lowest BCUT2D eigenvalue weighted by Crippen LogP contribution is -2.52. The first-order valence-electron chi connectivity index (χ1n) is 6.85. The van der Waals surface area contributed by atoms with Crippen LogP contribution in [0.3, 0.4) is 0 Å². The average molecular weight is 272 g/mol. The fourth-order valence-electron chi connectivity index (χ4n) is 2.89. The van der Waals surface area contributed by atoms with Gasteiger partial charge in [0.1, 0.15) is 0 Å². The third-order valence-corrected chi connectivity index (χ3v) is 4.99. The molecule has 0 saturated carbocycles. The Morgan fingerprint density at radius 1 is 1.33 bits per heavy atom. The van der Waals surface area contributed by atoms with Gasteiger partial charge < -0.3 is 15.0 Å². The molecule has 0 atom stereocenters. The van der Waals surface area contributed by atoms with Crippen LogP contribution >= 0.6 is 11.8 Å². The number of thioether (sulfide) groups is 1. The van der Waals surface area contributed by atoms with Crippen molar-refractivity contribution in [2.24, 2.45) is 5.41 Å². The second-order valence-electron chi connectivity index (χ2n) is 5.22. The molecule has 2 saturated heterocycles. The molecule has 0 aromatic carbocycles. The number of carbonyl (C=O) groups is 1. The molecule has 2 rings (SSSR count). The number of hydrogen-bond donors (Lipinski definition) is 1. The molecule has 2 heterocycles. The van der Waals surface area contributed by atoms with Crippen LogP contribution in [0.25, 0.3) is 0 Å². The lowest BCUT2D eigenvalue weighted by Gasteiger charge is -2.39. The lowest BCUT2D eigenvalue weighted by atomic mass is 9.78. The molecular weight excluding hydrogens is 248 g/mol. The van der Waals surface area contributed by atoms with E-state index in [1.54, 1.807) is 7.11 Å². The Morgan fingerprint density at radius 2 is 2.11 bits per heavy atom. The van der Waals surface area contributed by atoms with E-state index in [2.05, 4.69) is 10.2 Å². The van der Waals surface area contributed by atoms with E-state index < -0.39 is 0 Å². The van der Waals surface area contributed by atoms with Crippen LogP contribution in [0.4, 0.5) is 0 Å². The Bertz CT molecular complexity index is 267. The molecule has 18 heavy (non-hydrogen) atoms. The van der Waals surface area contributed by atoms with Gasteiger partial charge in [0.05, 0.1) is 12.0 Å². The van der Waals surface area contributed by atoms with Crippen molar-refractivity contribution < 1.29 is 9.53 Å². The zero-order valence-electron chi connectivity index (χ0n) is 11.2. The zero-order valence-corrected chi connectivity index (χ0v) is 12.1. The Balaban J connectivity index is 2.06. The van der Waals surface area contributed by atoms with Gasteiger partial charge in [0.15, 0.2) is 0 Å². The number of ether oxygens (including phenoxy) is 1. The molecule has 0 bridgehead atoms. The van der Waals surface area contributed by atoms with Gasteiger partial charge in [-0.3, -0.25) is 4.79 Å². The van der Waals surface area contributed by atoms with E-state index in [-0.39, 0.29) is 5.41 Å². The highest BCUT2D eigenvalue weighted by molar-refractivity contribution is 7.99. The Morgan fingerprint density at radius 3 is 2.83 bits per heavy atom. The van der Waals surface area contributed by atoms with Gasteiger partial charge in [-0.05, 0) is 38.1 Å². The summed E-state index contributed by atoms with van der Waals surface area (Å²) in [6, 6.07) is 0. The molecule has 1 N–H and O–H groups in total. The number of nitrogens with one attached hydrogen (secondary N) is 1. The van der Waals surface area contributed by atoms with Crippen molar-refractivity contribution in [3.63, 3.8) is 0 Å². The van der Waals surface area contributed by atoms with Crippen molar-refractivity contribution in [1.82, 2.24) is 10.2 Å². The minimum atomic E-state index is -0.269. The van der Waals surface area contributed by atoms with E-state index >= 15 is 0 Å². The van der Waals surface area contributed by atoms with E-state index in [9.17, 15) is 4.79 Å². The smallest absolute Gasteiger partial charge is 0.231 e. The monoisotopic (exact) mass is 272 g/mol. The summed E-state index contributed by atoms with van der Waals surface area (Å²) in [5.74, 6) is 2.59. The van der Waals surface area contributed by atoms with Gasteiger partial charge in [-0.25, -0.2) is 0 Å². The van der Waals surface area contributed by atoms with E-state index in [4.69, 9.17) is 4.74 Å². The maximum absolute atomic E-state index is 12.8. The molecule has 0 radical (unpaired) electrons. The Kier molecular flexibility index (Phi) is 5.33. The van der Waals surface area contributed by atoms with Gasteiger partial charge in [0, 0.05) is 26.0 Å². The van der Waals surface area contributed by atoms with Crippen molar-refractivity contribution in [3.8, 4) is 0 Å². The number of methoxy groups -OCH3 is 1. The van der Waals surface area contributed by atoms with Crippen molar-refractivity contribution in [2.75, 3.05) is 51.4 Å². The molecule has 0 spiro atoms. The molecule has 0 aromatic rings. The largest absolute Gasteiger partial charge is 0.384 e. The van der Waals surface area contributed by atoms with Crippen molar-refractivity contribution in [2.45, 2.75) is 19.3 Å². The number of piperidine rings is 1. The van der Waals surface area contributed by atoms with Crippen molar-refractivity contribution >= 4 is 17.7 Å². The number of hydrogen-bond acceptors (Lipinski definition) is 4. The van der Waals surface area contributed by atoms with E-state index in [0.29, 0.717) is 12.5 Å². The highest BCUT2D eigenvalue weighted by atomic mass is 32.2. The first kappa shape index (κ1) is 14.2. The van der Waals surface area contributed by atoms with Crippen LogP contribution in [-0.2, 0) is 9.53 Å². The van der Waals surface area contributed by atoms with E-state index in [1.807, 2.05) is 11.8 Å². The molecule has 0 unspecified atom stereocenters. The molecular formula is C13H24N2O2S. The first-order chi connectivity index (χ1) is 8.78. The van der Waals surface area contributed by atoms with Gasteiger partial charge in [-0.2, -0.15) is 11.8 Å². The van der Waals surface area contributed by atoms with Crippen LogP contribution in [0.5, 0.6) is 0 Å². The third-order valence-electron chi connectivity index (χ3n) is 3.94. The summed E-state index contributed by atoms with van der Waals surface area (Å²) < 4.78 is 5.35. The van der Waals surface area contributed by atoms with Crippen LogP contribution in [0.2, 0.25) is 0 Å². The lowest BCUT2D eigenvalue weighted by molar-refractivity contribution is -0.147. The topological polar surface area (TPSA) is 41.6 Å². The summed E-state index contributed by atoms with van der Waals surface area (Å²) in [5.41, 5.74) is -0.269. The minimum Gasteiger partial charge on any atom is -0.384 e. The fourth-order valence-corrected chi connectivity index (χ4v) is 3.77. The van der Waals surface area contributed by atoms with Crippen LogP contribution in [0, 0.1) is 5.41 Å².